The molecule has 4 aliphatic rings. The number of hydrogen-bond donors (Lipinski definition) is 0. The van der Waals surface area contributed by atoms with Gasteiger partial charge in [0.2, 0.25) is 0 Å². The summed E-state index contributed by atoms with van der Waals surface area (Å²) in [6, 6.07) is 7.78. The molecule has 0 spiro atoms. The van der Waals surface area contributed by atoms with Crippen molar-refractivity contribution in [3.8, 4) is 0 Å². The number of fused-ring (bicyclic) bond motifs is 1. The third kappa shape index (κ3) is 3.98. The summed E-state index contributed by atoms with van der Waals surface area (Å²) in [4.78, 5) is 5.27. The molecule has 158 valence electrons. The number of likely N-dealkylation sites (tertiary alicyclic amines) is 2. The normalized spacial score (nSPS) is 34.0. The summed E-state index contributed by atoms with van der Waals surface area (Å²) < 4.78 is 24.3. The van der Waals surface area contributed by atoms with E-state index in [0.717, 1.165) is 61.7 Å². The lowest BCUT2D eigenvalue weighted by atomic mass is 9.90. The highest BCUT2D eigenvalue weighted by Gasteiger charge is 2.53. The lowest BCUT2D eigenvalue weighted by Gasteiger charge is -2.28. The van der Waals surface area contributed by atoms with Crippen LogP contribution in [-0.2, 0) is 10.4 Å². The molecule has 2 nitrogen and oxygen atoms in total. The van der Waals surface area contributed by atoms with Gasteiger partial charge in [0.15, 0.2) is 0 Å². The van der Waals surface area contributed by atoms with Gasteiger partial charge in [-0.3, -0.25) is 4.90 Å². The predicted molar refractivity (Wildman–Crippen MR) is 121 cm³/mol. The first-order valence-electron chi connectivity index (χ1n) is 11.2. The van der Waals surface area contributed by atoms with E-state index in [4.69, 9.17) is 0 Å². The van der Waals surface area contributed by atoms with Crippen molar-refractivity contribution in [2.75, 3.05) is 26.2 Å². The van der Waals surface area contributed by atoms with Gasteiger partial charge in [0.1, 0.15) is 0 Å². The van der Waals surface area contributed by atoms with Gasteiger partial charge in [-0.05, 0) is 67.9 Å². The quantitative estimate of drug-likeness (QED) is 0.343. The zero-order valence-electron chi connectivity index (χ0n) is 17.0. The van der Waals surface area contributed by atoms with Crippen molar-refractivity contribution in [2.24, 2.45) is 23.7 Å². The van der Waals surface area contributed by atoms with Crippen LogP contribution < -0.4 is 0 Å². The molecule has 2 heterocycles. The molecule has 5 unspecified atom stereocenters. The number of halogens is 3. The van der Waals surface area contributed by atoms with E-state index in [9.17, 15) is 8.78 Å². The van der Waals surface area contributed by atoms with Crippen molar-refractivity contribution >= 4 is 22.6 Å². The zero-order valence-corrected chi connectivity index (χ0v) is 19.2. The number of nitrogens with zero attached hydrogens (tertiary/aromatic N) is 2. The first-order valence-corrected chi connectivity index (χ1v) is 12.3. The first kappa shape index (κ1) is 20.2. The first-order chi connectivity index (χ1) is 13.9. The van der Waals surface area contributed by atoms with Crippen molar-refractivity contribution in [2.45, 2.75) is 48.5 Å². The summed E-state index contributed by atoms with van der Waals surface area (Å²) in [7, 11) is 0. The molecule has 2 aliphatic heterocycles. The molecule has 5 heteroatoms. The van der Waals surface area contributed by atoms with E-state index in [1.807, 2.05) is 6.07 Å². The Morgan fingerprint density at radius 1 is 1.17 bits per heavy atom. The van der Waals surface area contributed by atoms with Crippen molar-refractivity contribution < 1.29 is 8.78 Å². The summed E-state index contributed by atoms with van der Waals surface area (Å²) in [6.07, 6.45) is 7.43. The average molecular weight is 512 g/mol. The molecule has 5 rings (SSSR count). The Hall–Kier alpha value is -0.690. The van der Waals surface area contributed by atoms with Gasteiger partial charge in [0, 0.05) is 72.0 Å². The van der Waals surface area contributed by atoms with Gasteiger partial charge in [-0.15, -0.1) is 0 Å². The molecule has 0 radical (unpaired) electrons. The third-order valence-electron chi connectivity index (χ3n) is 8.17. The Balaban J connectivity index is 1.11. The maximum Gasteiger partial charge on any atom is 0.321 e. The highest BCUT2D eigenvalue weighted by Crippen LogP contribution is 2.54. The van der Waals surface area contributed by atoms with Gasteiger partial charge < -0.3 is 4.90 Å². The Morgan fingerprint density at radius 3 is 2.79 bits per heavy atom. The van der Waals surface area contributed by atoms with Gasteiger partial charge >= 0.3 is 3.93 Å². The number of allylic oxidation sites excluding steroid dienone is 1. The third-order valence-corrected chi connectivity index (χ3v) is 8.79. The van der Waals surface area contributed by atoms with E-state index < -0.39 is 3.93 Å². The lowest BCUT2D eigenvalue weighted by Crippen LogP contribution is -2.37. The fourth-order valence-corrected chi connectivity index (χ4v) is 7.06. The molecule has 5 atom stereocenters. The van der Waals surface area contributed by atoms with Crippen LogP contribution in [0.2, 0.25) is 0 Å². The second-order valence-corrected chi connectivity index (χ2v) is 11.1. The smallest absolute Gasteiger partial charge is 0.321 e. The second-order valence-electron chi connectivity index (χ2n) is 9.76. The van der Waals surface area contributed by atoms with Crippen LogP contribution in [0.4, 0.5) is 8.78 Å². The minimum Gasteiger partial charge on any atom is -0.374 e. The molecule has 1 aromatic rings. The number of benzene rings is 1. The topological polar surface area (TPSA) is 6.48 Å². The Bertz CT molecular complexity index is 774. The molecule has 4 fully saturated rings. The minimum absolute atomic E-state index is 0.108. The van der Waals surface area contributed by atoms with Crippen molar-refractivity contribution in [3.05, 3.63) is 47.7 Å². The molecule has 0 aromatic heterocycles. The van der Waals surface area contributed by atoms with E-state index in [0.29, 0.717) is 5.92 Å². The number of aryl methyl sites for hydroxylation is 1. The fraction of sp³-hybridized carbons (Fsp3) is 0.667. The monoisotopic (exact) mass is 512 g/mol. The largest absolute Gasteiger partial charge is 0.374 e. The van der Waals surface area contributed by atoms with Crippen LogP contribution in [0.15, 0.2) is 36.5 Å². The van der Waals surface area contributed by atoms with Gasteiger partial charge in [0.25, 0.3) is 0 Å². The van der Waals surface area contributed by atoms with Crippen molar-refractivity contribution in [1.82, 2.24) is 9.80 Å². The lowest BCUT2D eigenvalue weighted by molar-refractivity contribution is 0.127. The van der Waals surface area contributed by atoms with E-state index in [2.05, 4.69) is 16.4 Å². The van der Waals surface area contributed by atoms with Crippen LogP contribution >= 0.6 is 22.6 Å². The summed E-state index contributed by atoms with van der Waals surface area (Å²) in [5.74, 6) is 3.50. The van der Waals surface area contributed by atoms with Crippen LogP contribution in [0.3, 0.4) is 0 Å². The molecule has 2 bridgehead atoms. The van der Waals surface area contributed by atoms with E-state index >= 15 is 0 Å². The number of alkyl halides is 3. The maximum absolute atomic E-state index is 13.6. The average Bonchev–Trinajstić information content (AvgIpc) is 3.39. The van der Waals surface area contributed by atoms with Gasteiger partial charge in [0.05, 0.1) is 0 Å². The van der Waals surface area contributed by atoms with Gasteiger partial charge in [-0.1, -0.05) is 24.8 Å². The van der Waals surface area contributed by atoms with Crippen LogP contribution in [0.5, 0.6) is 0 Å². The highest BCUT2D eigenvalue weighted by molar-refractivity contribution is 14.1. The van der Waals surface area contributed by atoms with Gasteiger partial charge in [-0.25, -0.2) is 0 Å². The van der Waals surface area contributed by atoms with Crippen LogP contribution in [0.25, 0.3) is 0 Å². The Kier molecular flexibility index (Phi) is 5.42. The molecule has 29 heavy (non-hydrogen) atoms. The fourth-order valence-electron chi connectivity index (χ4n) is 6.72. The van der Waals surface area contributed by atoms with Crippen molar-refractivity contribution in [3.63, 3.8) is 0 Å². The zero-order chi connectivity index (χ0) is 20.2. The standard InChI is InChI=1S/C24H31F2IN2/c1-16-19(6-5-17-3-2-4-21(12-17)24(25,26)27)7-8-28(16)9-10-29-15-20-11-18-13-22(20)23(29)14-18/h2-4,12,18-20,22-23H,1,5-11,13-15H2. The molecular formula is C24H31F2IN2. The molecule has 0 amide bonds. The Morgan fingerprint density at radius 2 is 2.03 bits per heavy atom. The maximum atomic E-state index is 13.6. The van der Waals surface area contributed by atoms with Gasteiger partial charge in [-0.2, -0.15) is 8.78 Å². The Labute approximate surface area is 186 Å². The summed E-state index contributed by atoms with van der Waals surface area (Å²) in [6.45, 7) is 9.12. The van der Waals surface area contributed by atoms with E-state index in [-0.39, 0.29) is 5.56 Å². The highest BCUT2D eigenvalue weighted by atomic mass is 127. The molecule has 2 aliphatic carbocycles. The van der Waals surface area contributed by atoms with Crippen LogP contribution in [-0.4, -0.2) is 42.0 Å². The van der Waals surface area contributed by atoms with Crippen LogP contribution in [0.1, 0.15) is 43.2 Å². The molecular weight excluding hydrogens is 481 g/mol. The summed E-state index contributed by atoms with van der Waals surface area (Å²) >= 11 is 1.21. The van der Waals surface area contributed by atoms with Crippen LogP contribution in [0, 0.1) is 23.7 Å². The van der Waals surface area contributed by atoms with Crippen molar-refractivity contribution in [1.29, 1.82) is 0 Å². The molecule has 2 saturated carbocycles. The summed E-state index contributed by atoms with van der Waals surface area (Å²) in [5, 5.41) is 0. The molecule has 0 N–H and O–H groups in total. The van der Waals surface area contributed by atoms with E-state index in [1.54, 1.807) is 12.1 Å². The van der Waals surface area contributed by atoms with E-state index in [1.165, 1.54) is 66.7 Å². The SMILES string of the molecule is C=C1C(CCc2cccc(C(F)(F)I)c2)CCN1CCN1CC2CC3CC2C1C3. The summed E-state index contributed by atoms with van der Waals surface area (Å²) in [5.41, 5.74) is 2.39. The minimum atomic E-state index is -2.80. The number of rotatable bonds is 7. The predicted octanol–water partition coefficient (Wildman–Crippen LogP) is 5.67. The molecule has 2 saturated heterocycles. The number of hydrogen-bond acceptors (Lipinski definition) is 2. The molecule has 1 aromatic carbocycles. The second kappa shape index (κ2) is 7.77.